The fourth-order valence-electron chi connectivity index (χ4n) is 2.23. The first-order valence-electron chi connectivity index (χ1n) is 7.66. The number of nitrogens with one attached hydrogen (secondary N) is 1. The Morgan fingerprint density at radius 3 is 2.00 bits per heavy atom. The normalized spacial score (nSPS) is 10.1. The van der Waals surface area contributed by atoms with Gasteiger partial charge in [-0.25, -0.2) is 4.79 Å². The van der Waals surface area contributed by atoms with Gasteiger partial charge in [0.05, 0.1) is 15.4 Å². The molecule has 0 bridgehead atoms. The van der Waals surface area contributed by atoms with Crippen molar-refractivity contribution < 1.29 is 24.2 Å². The van der Waals surface area contributed by atoms with Crippen LogP contribution in [0.4, 0.5) is 17.1 Å². The highest BCUT2D eigenvalue weighted by Gasteiger charge is 2.26. The summed E-state index contributed by atoms with van der Waals surface area (Å²) in [5, 5.41) is 24.6. The lowest BCUT2D eigenvalue weighted by Gasteiger charge is -2.08. The molecule has 1 amide bonds. The number of ether oxygens (including phenoxy) is 1. The van der Waals surface area contributed by atoms with E-state index in [1.807, 2.05) is 6.92 Å². The summed E-state index contributed by atoms with van der Waals surface area (Å²) in [5.41, 5.74) is -0.230. The molecule has 2 aromatic rings. The number of hydrogen-bond acceptors (Lipinski definition) is 7. The van der Waals surface area contributed by atoms with E-state index in [1.54, 1.807) is 24.3 Å². The molecule has 2 aromatic carbocycles. The molecule has 0 fully saturated rings. The third-order valence-electron chi connectivity index (χ3n) is 3.65. The zero-order valence-corrected chi connectivity index (χ0v) is 14.4. The van der Waals surface area contributed by atoms with Crippen molar-refractivity contribution in [1.29, 1.82) is 0 Å². The summed E-state index contributed by atoms with van der Waals surface area (Å²) < 4.78 is 4.80. The minimum absolute atomic E-state index is 0.182. The lowest BCUT2D eigenvalue weighted by Crippen LogP contribution is -2.21. The number of nitro benzene ring substituents is 2. The second-order valence-corrected chi connectivity index (χ2v) is 5.64. The van der Waals surface area contributed by atoms with Crippen molar-refractivity contribution in [1.82, 2.24) is 0 Å². The first-order valence-corrected chi connectivity index (χ1v) is 7.66. The van der Waals surface area contributed by atoms with Crippen LogP contribution in [-0.2, 0) is 9.53 Å². The van der Waals surface area contributed by atoms with Crippen molar-refractivity contribution in [2.45, 2.75) is 13.8 Å². The van der Waals surface area contributed by atoms with Gasteiger partial charge in [0.15, 0.2) is 6.61 Å². The van der Waals surface area contributed by atoms with Crippen LogP contribution in [0.25, 0.3) is 0 Å². The lowest BCUT2D eigenvalue weighted by atomic mass is 10.1. The molecule has 0 saturated carbocycles. The molecule has 0 atom stereocenters. The zero-order valence-electron chi connectivity index (χ0n) is 14.4. The Labute approximate surface area is 153 Å². The van der Waals surface area contributed by atoms with Gasteiger partial charge >= 0.3 is 5.97 Å². The summed E-state index contributed by atoms with van der Waals surface area (Å²) in [6.45, 7) is 2.44. The number of carbonyl (C=O) groups excluding carboxylic acids is 2. The fraction of sp³-hybridized carbons (Fsp3) is 0.176. The van der Waals surface area contributed by atoms with Crippen LogP contribution in [-0.4, -0.2) is 28.3 Å². The maximum atomic E-state index is 12.1. The standard InChI is InChI=1S/C17H15N3O7/c1-10-3-5-13(6-4-10)18-16(21)9-27-17(22)12-7-14(19(23)24)11(2)15(8-12)20(25)26/h3-8H,9H2,1-2H3,(H,18,21). The number of carbonyl (C=O) groups is 2. The number of anilines is 1. The highest BCUT2D eigenvalue weighted by Crippen LogP contribution is 2.29. The molecule has 0 radical (unpaired) electrons. The minimum atomic E-state index is -1.08. The van der Waals surface area contributed by atoms with Gasteiger partial charge in [-0.3, -0.25) is 25.0 Å². The number of amides is 1. The average molecular weight is 373 g/mol. The van der Waals surface area contributed by atoms with Gasteiger partial charge in [-0.1, -0.05) is 17.7 Å². The highest BCUT2D eigenvalue weighted by molar-refractivity contribution is 5.96. The number of aryl methyl sites for hydroxylation is 1. The Bertz CT molecular complexity index is 888. The number of rotatable bonds is 6. The molecule has 1 N–H and O–H groups in total. The van der Waals surface area contributed by atoms with Crippen molar-refractivity contribution >= 4 is 28.9 Å². The van der Waals surface area contributed by atoms with E-state index in [1.165, 1.54) is 6.92 Å². The summed E-state index contributed by atoms with van der Waals surface area (Å²) in [6, 6.07) is 8.66. The molecule has 0 spiro atoms. The molecule has 10 heteroatoms. The van der Waals surface area contributed by atoms with Crippen LogP contribution in [0.2, 0.25) is 0 Å². The SMILES string of the molecule is Cc1ccc(NC(=O)COC(=O)c2cc([N+](=O)[O-])c(C)c([N+](=O)[O-])c2)cc1. The van der Waals surface area contributed by atoms with E-state index in [2.05, 4.69) is 5.32 Å². The van der Waals surface area contributed by atoms with Gasteiger partial charge in [-0.2, -0.15) is 0 Å². The van der Waals surface area contributed by atoms with E-state index in [-0.39, 0.29) is 11.1 Å². The average Bonchev–Trinajstić information content (AvgIpc) is 2.61. The van der Waals surface area contributed by atoms with Gasteiger partial charge in [0.1, 0.15) is 5.56 Å². The predicted octanol–water partition coefficient (Wildman–Crippen LogP) is 2.92. The van der Waals surface area contributed by atoms with E-state index in [0.717, 1.165) is 17.7 Å². The summed E-state index contributed by atoms with van der Waals surface area (Å²) >= 11 is 0. The Morgan fingerprint density at radius 1 is 1.00 bits per heavy atom. The minimum Gasteiger partial charge on any atom is -0.452 e. The third-order valence-corrected chi connectivity index (χ3v) is 3.65. The van der Waals surface area contributed by atoms with Crippen molar-refractivity contribution in [3.8, 4) is 0 Å². The van der Waals surface area contributed by atoms with E-state index in [9.17, 15) is 29.8 Å². The Kier molecular flexibility index (Phi) is 5.81. The molecular weight excluding hydrogens is 358 g/mol. The van der Waals surface area contributed by atoms with Gasteiger partial charge in [-0.05, 0) is 26.0 Å². The van der Waals surface area contributed by atoms with Gasteiger partial charge < -0.3 is 10.1 Å². The van der Waals surface area contributed by atoms with Crippen LogP contribution in [0.15, 0.2) is 36.4 Å². The fourth-order valence-corrected chi connectivity index (χ4v) is 2.23. The van der Waals surface area contributed by atoms with Gasteiger partial charge in [0, 0.05) is 17.8 Å². The molecule has 0 aliphatic heterocycles. The maximum Gasteiger partial charge on any atom is 0.339 e. The second-order valence-electron chi connectivity index (χ2n) is 5.64. The smallest absolute Gasteiger partial charge is 0.339 e. The van der Waals surface area contributed by atoms with Crippen molar-refractivity contribution in [2.24, 2.45) is 0 Å². The molecule has 0 saturated heterocycles. The molecular formula is C17H15N3O7. The number of nitro groups is 2. The largest absolute Gasteiger partial charge is 0.452 e. The quantitative estimate of drug-likeness (QED) is 0.466. The van der Waals surface area contributed by atoms with Crippen molar-refractivity contribution in [3.63, 3.8) is 0 Å². The first-order chi connectivity index (χ1) is 12.7. The Morgan fingerprint density at radius 2 is 1.52 bits per heavy atom. The molecule has 140 valence electrons. The molecule has 0 aliphatic carbocycles. The summed E-state index contributed by atoms with van der Waals surface area (Å²) in [4.78, 5) is 44.3. The van der Waals surface area contributed by atoms with E-state index < -0.39 is 39.7 Å². The molecule has 0 heterocycles. The molecule has 27 heavy (non-hydrogen) atoms. The molecule has 10 nitrogen and oxygen atoms in total. The van der Waals surface area contributed by atoms with Crippen LogP contribution < -0.4 is 5.32 Å². The van der Waals surface area contributed by atoms with Crippen molar-refractivity contribution in [2.75, 3.05) is 11.9 Å². The van der Waals surface area contributed by atoms with Crippen LogP contribution in [0, 0.1) is 34.1 Å². The number of nitrogens with zero attached hydrogens (tertiary/aromatic N) is 2. The third kappa shape index (κ3) is 4.84. The van der Waals surface area contributed by atoms with Gasteiger partial charge in [0.2, 0.25) is 0 Å². The lowest BCUT2D eigenvalue weighted by molar-refractivity contribution is -0.395. The van der Waals surface area contributed by atoms with E-state index in [4.69, 9.17) is 4.74 Å². The summed E-state index contributed by atoms with van der Waals surface area (Å²) in [5.74, 6) is -1.71. The first kappa shape index (κ1) is 19.5. The van der Waals surface area contributed by atoms with Crippen LogP contribution in [0.1, 0.15) is 21.5 Å². The molecule has 0 unspecified atom stereocenters. The van der Waals surface area contributed by atoms with Crippen LogP contribution >= 0.6 is 0 Å². The van der Waals surface area contributed by atoms with Crippen LogP contribution in [0.3, 0.4) is 0 Å². The van der Waals surface area contributed by atoms with Crippen LogP contribution in [0.5, 0.6) is 0 Å². The second kappa shape index (κ2) is 8.04. The van der Waals surface area contributed by atoms with Gasteiger partial charge in [-0.15, -0.1) is 0 Å². The van der Waals surface area contributed by atoms with E-state index in [0.29, 0.717) is 5.69 Å². The number of benzene rings is 2. The van der Waals surface area contributed by atoms with E-state index >= 15 is 0 Å². The molecule has 0 aliphatic rings. The Balaban J connectivity index is 2.11. The maximum absolute atomic E-state index is 12.1. The topological polar surface area (TPSA) is 142 Å². The molecule has 2 rings (SSSR count). The Hall–Kier alpha value is -3.82. The molecule has 0 aromatic heterocycles. The monoisotopic (exact) mass is 373 g/mol. The number of esters is 1. The number of hydrogen-bond donors (Lipinski definition) is 1. The highest BCUT2D eigenvalue weighted by atomic mass is 16.6. The zero-order chi connectivity index (χ0) is 20.1. The van der Waals surface area contributed by atoms with Crippen molar-refractivity contribution in [3.05, 3.63) is 73.3 Å². The summed E-state index contributed by atoms with van der Waals surface area (Å²) in [6.07, 6.45) is 0. The predicted molar refractivity (Wildman–Crippen MR) is 94.6 cm³/mol. The summed E-state index contributed by atoms with van der Waals surface area (Å²) in [7, 11) is 0. The van der Waals surface area contributed by atoms with Gasteiger partial charge in [0.25, 0.3) is 17.3 Å².